The van der Waals surface area contributed by atoms with Crippen LogP contribution in [0.3, 0.4) is 0 Å². The summed E-state index contributed by atoms with van der Waals surface area (Å²) in [4.78, 5) is 9.32. The Hall–Kier alpha value is -0.0400. The van der Waals surface area contributed by atoms with Crippen LogP contribution in [0, 0.1) is 0 Å². The highest BCUT2D eigenvalue weighted by atomic mass is 127. The van der Waals surface area contributed by atoms with E-state index in [0.717, 1.165) is 32.1 Å². The SMILES string of the molecule is CCCCN(C)C(=NCCN(C)C(C)CC)NCC.I. The fourth-order valence-corrected chi connectivity index (χ4v) is 1.82. The van der Waals surface area contributed by atoms with Gasteiger partial charge in [0.25, 0.3) is 0 Å². The Morgan fingerprint density at radius 1 is 1.15 bits per heavy atom. The Kier molecular flexibility index (Phi) is 15.5. The van der Waals surface area contributed by atoms with Gasteiger partial charge in [0.05, 0.1) is 6.54 Å². The lowest BCUT2D eigenvalue weighted by Gasteiger charge is -2.24. The summed E-state index contributed by atoms with van der Waals surface area (Å²) in [7, 11) is 4.30. The van der Waals surface area contributed by atoms with E-state index in [0.29, 0.717) is 6.04 Å². The van der Waals surface area contributed by atoms with E-state index in [4.69, 9.17) is 4.99 Å². The zero-order valence-corrected chi connectivity index (χ0v) is 16.6. The average molecular weight is 398 g/mol. The third-order valence-electron chi connectivity index (χ3n) is 3.60. The maximum atomic E-state index is 4.71. The molecule has 0 saturated heterocycles. The minimum atomic E-state index is 0. The van der Waals surface area contributed by atoms with Crippen molar-refractivity contribution in [2.24, 2.45) is 4.99 Å². The normalized spacial score (nSPS) is 13.1. The second-order valence-electron chi connectivity index (χ2n) is 5.25. The third-order valence-corrected chi connectivity index (χ3v) is 3.60. The first-order valence-corrected chi connectivity index (χ1v) is 7.76. The van der Waals surface area contributed by atoms with Gasteiger partial charge < -0.3 is 15.1 Å². The van der Waals surface area contributed by atoms with Crippen LogP contribution in [0.25, 0.3) is 0 Å². The summed E-state index contributed by atoms with van der Waals surface area (Å²) in [6.45, 7) is 12.7. The van der Waals surface area contributed by atoms with Crippen LogP contribution in [0.5, 0.6) is 0 Å². The molecular formula is C15H35IN4. The molecule has 0 aliphatic rings. The molecule has 4 nitrogen and oxygen atoms in total. The Morgan fingerprint density at radius 2 is 1.80 bits per heavy atom. The summed E-state index contributed by atoms with van der Waals surface area (Å²) < 4.78 is 0. The summed E-state index contributed by atoms with van der Waals surface area (Å²) in [5, 5.41) is 3.37. The summed E-state index contributed by atoms with van der Waals surface area (Å²) in [5.74, 6) is 1.04. The van der Waals surface area contributed by atoms with Crippen LogP contribution in [-0.2, 0) is 0 Å². The Bertz CT molecular complexity index is 246. The van der Waals surface area contributed by atoms with E-state index in [1.54, 1.807) is 0 Å². The Morgan fingerprint density at radius 3 is 2.30 bits per heavy atom. The molecule has 0 aliphatic heterocycles. The second-order valence-corrected chi connectivity index (χ2v) is 5.25. The number of unbranched alkanes of at least 4 members (excludes halogenated alkanes) is 1. The van der Waals surface area contributed by atoms with Crippen molar-refractivity contribution >= 4 is 29.9 Å². The zero-order valence-electron chi connectivity index (χ0n) is 14.3. The minimum absolute atomic E-state index is 0. The predicted molar refractivity (Wildman–Crippen MR) is 101 cm³/mol. The smallest absolute Gasteiger partial charge is 0.193 e. The number of hydrogen-bond donors (Lipinski definition) is 1. The molecule has 0 aromatic carbocycles. The minimum Gasteiger partial charge on any atom is -0.357 e. The molecule has 1 N–H and O–H groups in total. The number of guanidine groups is 1. The van der Waals surface area contributed by atoms with Crippen molar-refractivity contribution in [2.45, 2.75) is 53.0 Å². The highest BCUT2D eigenvalue weighted by Gasteiger charge is 2.07. The van der Waals surface area contributed by atoms with Crippen LogP contribution in [0.15, 0.2) is 4.99 Å². The summed E-state index contributed by atoms with van der Waals surface area (Å²) in [5.41, 5.74) is 0. The molecule has 0 saturated carbocycles. The fraction of sp³-hybridized carbons (Fsp3) is 0.933. The van der Waals surface area contributed by atoms with Gasteiger partial charge in [-0.05, 0) is 33.7 Å². The zero-order chi connectivity index (χ0) is 14.7. The van der Waals surface area contributed by atoms with E-state index in [1.807, 2.05) is 0 Å². The summed E-state index contributed by atoms with van der Waals surface area (Å²) >= 11 is 0. The van der Waals surface area contributed by atoms with Gasteiger partial charge in [0, 0.05) is 32.7 Å². The van der Waals surface area contributed by atoms with Gasteiger partial charge in [-0.25, -0.2) is 0 Å². The topological polar surface area (TPSA) is 30.9 Å². The largest absolute Gasteiger partial charge is 0.357 e. The van der Waals surface area contributed by atoms with Crippen molar-refractivity contribution in [2.75, 3.05) is 40.3 Å². The molecule has 0 rings (SSSR count). The van der Waals surface area contributed by atoms with Crippen molar-refractivity contribution in [3.8, 4) is 0 Å². The molecule has 0 aromatic heterocycles. The van der Waals surface area contributed by atoms with Gasteiger partial charge in [-0.1, -0.05) is 20.3 Å². The molecule has 1 unspecified atom stereocenters. The molecule has 0 heterocycles. The van der Waals surface area contributed by atoms with Crippen molar-refractivity contribution in [1.82, 2.24) is 15.1 Å². The molecular weight excluding hydrogens is 363 g/mol. The number of halogens is 1. The maximum Gasteiger partial charge on any atom is 0.193 e. The molecule has 0 fully saturated rings. The van der Waals surface area contributed by atoms with Crippen LogP contribution in [0.4, 0.5) is 0 Å². The number of nitrogens with zero attached hydrogens (tertiary/aromatic N) is 3. The molecule has 0 aromatic rings. The predicted octanol–water partition coefficient (Wildman–Crippen LogP) is 3.03. The quantitative estimate of drug-likeness (QED) is 0.368. The van der Waals surface area contributed by atoms with Gasteiger partial charge >= 0.3 is 0 Å². The van der Waals surface area contributed by atoms with Crippen molar-refractivity contribution in [1.29, 1.82) is 0 Å². The maximum absolute atomic E-state index is 4.71. The van der Waals surface area contributed by atoms with Gasteiger partial charge in [0.15, 0.2) is 5.96 Å². The summed E-state index contributed by atoms with van der Waals surface area (Å²) in [6, 6.07) is 0.635. The van der Waals surface area contributed by atoms with E-state index < -0.39 is 0 Å². The first-order chi connectivity index (χ1) is 9.06. The van der Waals surface area contributed by atoms with E-state index >= 15 is 0 Å². The van der Waals surface area contributed by atoms with E-state index in [2.05, 4.69) is 56.9 Å². The molecule has 122 valence electrons. The van der Waals surface area contributed by atoms with E-state index in [-0.39, 0.29) is 24.0 Å². The lowest BCUT2D eigenvalue weighted by Crippen LogP contribution is -2.40. The molecule has 20 heavy (non-hydrogen) atoms. The molecule has 5 heteroatoms. The number of nitrogens with one attached hydrogen (secondary N) is 1. The van der Waals surface area contributed by atoms with Crippen molar-refractivity contribution < 1.29 is 0 Å². The lowest BCUT2D eigenvalue weighted by molar-refractivity contribution is 0.258. The van der Waals surface area contributed by atoms with Crippen LogP contribution < -0.4 is 5.32 Å². The number of rotatable bonds is 9. The highest BCUT2D eigenvalue weighted by molar-refractivity contribution is 14.0. The number of aliphatic imine (C=N–C) groups is 1. The average Bonchev–Trinajstić information content (AvgIpc) is 2.42. The van der Waals surface area contributed by atoms with E-state index in [1.165, 1.54) is 19.3 Å². The standard InChI is InChI=1S/C15H34N4.HI/c1-7-10-12-19(6)15(16-9-3)17-11-13-18(5)14(4)8-2;/h14H,7-13H2,1-6H3,(H,16,17);1H. The highest BCUT2D eigenvalue weighted by Crippen LogP contribution is 1.99. The number of likely N-dealkylation sites (N-methyl/N-ethyl adjacent to an activating group) is 1. The molecule has 0 aliphatic carbocycles. The van der Waals surface area contributed by atoms with Crippen LogP contribution in [-0.4, -0.2) is 62.1 Å². The molecule has 0 bridgehead atoms. The van der Waals surface area contributed by atoms with Gasteiger partial charge in [0.1, 0.15) is 0 Å². The van der Waals surface area contributed by atoms with Crippen molar-refractivity contribution in [3.05, 3.63) is 0 Å². The molecule has 0 spiro atoms. The number of hydrogen-bond acceptors (Lipinski definition) is 2. The Labute approximate surface area is 143 Å². The van der Waals surface area contributed by atoms with Crippen LogP contribution in [0.1, 0.15) is 47.0 Å². The lowest BCUT2D eigenvalue weighted by atomic mass is 10.2. The monoisotopic (exact) mass is 398 g/mol. The van der Waals surface area contributed by atoms with Crippen LogP contribution in [0.2, 0.25) is 0 Å². The van der Waals surface area contributed by atoms with E-state index in [9.17, 15) is 0 Å². The first-order valence-electron chi connectivity index (χ1n) is 7.76. The van der Waals surface area contributed by atoms with Crippen LogP contribution >= 0.6 is 24.0 Å². The molecule has 1 atom stereocenters. The van der Waals surface area contributed by atoms with Gasteiger partial charge in [-0.2, -0.15) is 0 Å². The third kappa shape index (κ3) is 9.80. The van der Waals surface area contributed by atoms with Crippen molar-refractivity contribution in [3.63, 3.8) is 0 Å². The summed E-state index contributed by atoms with van der Waals surface area (Å²) in [6.07, 6.45) is 3.63. The fourth-order valence-electron chi connectivity index (χ4n) is 1.82. The second kappa shape index (κ2) is 13.9. The van der Waals surface area contributed by atoms with Gasteiger partial charge in [-0.3, -0.25) is 4.99 Å². The first kappa shape index (κ1) is 22.2. The van der Waals surface area contributed by atoms with Gasteiger partial charge in [-0.15, -0.1) is 24.0 Å². The Balaban J connectivity index is 0. The molecule has 0 amide bonds. The molecule has 0 radical (unpaired) electrons. The van der Waals surface area contributed by atoms with Gasteiger partial charge in [0.2, 0.25) is 0 Å².